The first-order valence-corrected chi connectivity index (χ1v) is 13.3. The number of carbonyl (C=O) groups is 3. The summed E-state index contributed by atoms with van der Waals surface area (Å²) in [7, 11) is 0. The predicted octanol–water partition coefficient (Wildman–Crippen LogP) is 4.48. The van der Waals surface area contributed by atoms with Crippen molar-refractivity contribution in [2.45, 2.75) is 44.8 Å². The molecule has 10 heteroatoms. The van der Waals surface area contributed by atoms with E-state index in [2.05, 4.69) is 20.9 Å². The summed E-state index contributed by atoms with van der Waals surface area (Å²) in [5, 5.41) is 9.40. The highest BCUT2D eigenvalue weighted by molar-refractivity contribution is 7.20. The van der Waals surface area contributed by atoms with Crippen molar-refractivity contribution in [2.24, 2.45) is 5.92 Å². The Labute approximate surface area is 227 Å². The number of unbranched alkanes of at least 4 members (excludes halogenated alkanes) is 1. The Balaban J connectivity index is 0.00000380. The Morgan fingerprint density at radius 3 is 2.62 bits per heavy atom. The summed E-state index contributed by atoms with van der Waals surface area (Å²) in [5.74, 6) is -0.390. The van der Waals surface area contributed by atoms with Gasteiger partial charge in [0, 0.05) is 13.1 Å². The molecule has 2 amide bonds. The van der Waals surface area contributed by atoms with Crippen LogP contribution in [0.2, 0.25) is 0 Å². The smallest absolute Gasteiger partial charge is 0.407 e. The maximum absolute atomic E-state index is 13.4. The number of hydrogen-bond donors (Lipinski definition) is 3. The number of benzene rings is 2. The van der Waals surface area contributed by atoms with Gasteiger partial charge in [-0.1, -0.05) is 42.5 Å². The third-order valence-corrected chi connectivity index (χ3v) is 7.26. The number of carbonyl (C=O) groups excluding carboxylic acids is 3. The molecule has 0 radical (unpaired) electrons. The minimum atomic E-state index is -0.648. The first kappa shape index (κ1) is 28.6. The molecule has 1 saturated heterocycles. The maximum Gasteiger partial charge on any atom is 0.407 e. The van der Waals surface area contributed by atoms with Crippen molar-refractivity contribution in [3.63, 3.8) is 0 Å². The number of halogens is 1. The summed E-state index contributed by atoms with van der Waals surface area (Å²) in [6, 6.07) is 16.5. The lowest BCUT2D eigenvalue weighted by molar-refractivity contribution is -0.126. The number of Topliss-reactive ketones (excluding diaryl/α,β-unsaturated/α-hetero) is 1. The average Bonchev–Trinajstić information content (AvgIpc) is 3.36. The van der Waals surface area contributed by atoms with Gasteiger partial charge in [-0.3, -0.25) is 9.59 Å². The number of piperidine rings is 1. The van der Waals surface area contributed by atoms with Gasteiger partial charge in [0.05, 0.1) is 22.2 Å². The Kier molecular flexibility index (Phi) is 11.3. The Hall–Kier alpha value is -3.01. The van der Waals surface area contributed by atoms with Gasteiger partial charge >= 0.3 is 6.09 Å². The number of amides is 2. The van der Waals surface area contributed by atoms with Gasteiger partial charge in [0.1, 0.15) is 6.61 Å². The van der Waals surface area contributed by atoms with Crippen LogP contribution in [0.1, 0.15) is 47.5 Å². The molecule has 37 heavy (non-hydrogen) atoms. The topological polar surface area (TPSA) is 109 Å². The second kappa shape index (κ2) is 14.7. The summed E-state index contributed by atoms with van der Waals surface area (Å²) in [4.78, 5) is 42.7. The quantitative estimate of drug-likeness (QED) is 0.242. The lowest BCUT2D eigenvalue weighted by Crippen LogP contribution is -2.47. The number of hydrogen-bond acceptors (Lipinski definition) is 7. The van der Waals surface area contributed by atoms with Gasteiger partial charge in [0.2, 0.25) is 11.7 Å². The molecule has 1 aromatic heterocycles. The van der Waals surface area contributed by atoms with Gasteiger partial charge in [-0.05, 0) is 56.3 Å². The fraction of sp³-hybridized carbons (Fsp3) is 0.407. The SMILES string of the molecule is Cl.O=C(NCCCC[C@H](NC(=O)[C@H]1CCCNC1)C(=O)c1nc2ccccc2s1)OCc1ccccc1. The number of ether oxygens (including phenoxy) is 1. The number of fused-ring (bicyclic) bond motifs is 1. The average molecular weight is 545 g/mol. The van der Waals surface area contributed by atoms with E-state index in [-0.39, 0.29) is 36.6 Å². The zero-order valence-electron chi connectivity index (χ0n) is 20.6. The van der Waals surface area contributed by atoms with E-state index < -0.39 is 12.1 Å². The third-order valence-electron chi connectivity index (χ3n) is 6.21. The molecule has 198 valence electrons. The maximum atomic E-state index is 13.4. The molecule has 1 aliphatic heterocycles. The van der Waals surface area contributed by atoms with E-state index in [1.807, 2.05) is 54.6 Å². The molecule has 0 bridgehead atoms. The van der Waals surface area contributed by atoms with E-state index in [4.69, 9.17) is 4.74 Å². The molecule has 2 heterocycles. The van der Waals surface area contributed by atoms with Crippen molar-refractivity contribution >= 4 is 51.7 Å². The van der Waals surface area contributed by atoms with Gasteiger partial charge in [0.25, 0.3) is 0 Å². The lowest BCUT2D eigenvalue weighted by atomic mass is 9.97. The molecular formula is C27H33ClN4O4S. The van der Waals surface area contributed by atoms with E-state index in [1.54, 1.807) is 0 Å². The van der Waals surface area contributed by atoms with Crippen LogP contribution in [0.25, 0.3) is 10.2 Å². The second-order valence-electron chi connectivity index (χ2n) is 8.94. The number of para-hydroxylation sites is 1. The molecule has 1 fully saturated rings. The molecule has 0 spiro atoms. The minimum absolute atomic E-state index is 0. The Morgan fingerprint density at radius 2 is 1.86 bits per heavy atom. The van der Waals surface area contributed by atoms with Crippen molar-refractivity contribution in [1.82, 2.24) is 20.9 Å². The van der Waals surface area contributed by atoms with Gasteiger partial charge in [0.15, 0.2) is 5.01 Å². The summed E-state index contributed by atoms with van der Waals surface area (Å²) in [6.07, 6.45) is 3.07. The summed E-state index contributed by atoms with van der Waals surface area (Å²) in [5.41, 5.74) is 1.71. The zero-order chi connectivity index (χ0) is 25.2. The second-order valence-corrected chi connectivity index (χ2v) is 9.97. The Bertz CT molecular complexity index is 1130. The van der Waals surface area contributed by atoms with Crippen LogP contribution in [0.15, 0.2) is 54.6 Å². The number of ketones is 1. The molecule has 3 aromatic rings. The van der Waals surface area contributed by atoms with E-state index in [9.17, 15) is 14.4 Å². The van der Waals surface area contributed by atoms with Gasteiger partial charge < -0.3 is 20.7 Å². The molecule has 0 unspecified atom stereocenters. The zero-order valence-corrected chi connectivity index (χ0v) is 22.2. The van der Waals surface area contributed by atoms with Crippen molar-refractivity contribution < 1.29 is 19.1 Å². The predicted molar refractivity (Wildman–Crippen MR) is 147 cm³/mol. The van der Waals surface area contributed by atoms with Crippen molar-refractivity contribution in [2.75, 3.05) is 19.6 Å². The molecule has 8 nitrogen and oxygen atoms in total. The number of aromatic nitrogens is 1. The molecular weight excluding hydrogens is 512 g/mol. The van der Waals surface area contributed by atoms with E-state index in [1.165, 1.54) is 11.3 Å². The standard InChI is InChI=1S/C27H32N4O4S.ClH/c32-24(26-31-21-12-4-5-14-23(21)36-26)22(30-25(33)20-11-8-15-28-17-20)13-6-7-16-29-27(34)35-18-19-9-2-1-3-10-19;/h1-5,9-10,12,14,20,22,28H,6-8,11,13,15-18H2,(H,29,34)(H,30,33);1H/t20-,22-;/m0./s1. The largest absolute Gasteiger partial charge is 0.445 e. The molecule has 3 N–H and O–H groups in total. The normalized spacial score (nSPS) is 15.8. The molecule has 0 aliphatic carbocycles. The Morgan fingerprint density at radius 1 is 1.08 bits per heavy atom. The van der Waals surface area contributed by atoms with Gasteiger partial charge in [-0.2, -0.15) is 0 Å². The summed E-state index contributed by atoms with van der Waals surface area (Å²) < 4.78 is 6.17. The van der Waals surface area contributed by atoms with Crippen LogP contribution in [-0.4, -0.2) is 48.4 Å². The summed E-state index contributed by atoms with van der Waals surface area (Å²) >= 11 is 1.35. The van der Waals surface area contributed by atoms with Crippen LogP contribution in [0.3, 0.4) is 0 Å². The minimum Gasteiger partial charge on any atom is -0.445 e. The van der Waals surface area contributed by atoms with Crippen LogP contribution in [-0.2, 0) is 16.1 Å². The van der Waals surface area contributed by atoms with E-state index in [0.717, 1.165) is 35.2 Å². The van der Waals surface area contributed by atoms with E-state index >= 15 is 0 Å². The van der Waals surface area contributed by atoms with Crippen molar-refractivity contribution in [1.29, 1.82) is 0 Å². The first-order valence-electron chi connectivity index (χ1n) is 12.5. The molecule has 2 aromatic carbocycles. The molecule has 4 rings (SSSR count). The highest BCUT2D eigenvalue weighted by Gasteiger charge is 2.28. The van der Waals surface area contributed by atoms with Crippen LogP contribution in [0.5, 0.6) is 0 Å². The molecule has 2 atom stereocenters. The van der Waals surface area contributed by atoms with Crippen LogP contribution in [0, 0.1) is 5.92 Å². The van der Waals surface area contributed by atoms with E-state index in [0.29, 0.717) is 37.4 Å². The van der Waals surface area contributed by atoms with Crippen molar-refractivity contribution in [3.8, 4) is 0 Å². The summed E-state index contributed by atoms with van der Waals surface area (Å²) in [6.45, 7) is 2.19. The number of nitrogens with zero attached hydrogens (tertiary/aromatic N) is 1. The van der Waals surface area contributed by atoms with Crippen LogP contribution in [0.4, 0.5) is 4.79 Å². The molecule has 1 aliphatic rings. The number of rotatable bonds is 11. The third kappa shape index (κ3) is 8.52. The first-order chi connectivity index (χ1) is 17.6. The van der Waals surface area contributed by atoms with Crippen molar-refractivity contribution in [3.05, 3.63) is 65.2 Å². The monoisotopic (exact) mass is 544 g/mol. The fourth-order valence-electron chi connectivity index (χ4n) is 4.20. The molecule has 0 saturated carbocycles. The number of alkyl carbamates (subject to hydrolysis) is 1. The number of thiazole rings is 1. The van der Waals surface area contributed by atoms with Crippen LogP contribution < -0.4 is 16.0 Å². The van der Waals surface area contributed by atoms with Gasteiger partial charge in [-0.15, -0.1) is 23.7 Å². The van der Waals surface area contributed by atoms with Crippen LogP contribution >= 0.6 is 23.7 Å². The highest BCUT2D eigenvalue weighted by Crippen LogP contribution is 2.23. The lowest BCUT2D eigenvalue weighted by Gasteiger charge is -2.24. The highest BCUT2D eigenvalue weighted by atomic mass is 35.5. The number of nitrogens with one attached hydrogen (secondary N) is 3. The fourth-order valence-corrected chi connectivity index (χ4v) is 5.16. The van der Waals surface area contributed by atoms with Gasteiger partial charge in [-0.25, -0.2) is 9.78 Å².